The van der Waals surface area contributed by atoms with Crippen molar-refractivity contribution in [2.75, 3.05) is 6.54 Å². The third-order valence-corrected chi connectivity index (χ3v) is 3.47. The highest BCUT2D eigenvalue weighted by Crippen LogP contribution is 2.30. The van der Waals surface area contributed by atoms with E-state index >= 15 is 0 Å². The minimum Gasteiger partial charge on any atom is -0.487 e. The van der Waals surface area contributed by atoms with E-state index in [1.807, 2.05) is 18.2 Å². The van der Waals surface area contributed by atoms with Gasteiger partial charge in [0.15, 0.2) is 0 Å². The van der Waals surface area contributed by atoms with Gasteiger partial charge in [0.2, 0.25) is 0 Å². The first kappa shape index (κ1) is 14.9. The Labute approximate surface area is 124 Å². The van der Waals surface area contributed by atoms with Gasteiger partial charge in [-0.1, -0.05) is 12.1 Å². The van der Waals surface area contributed by atoms with Crippen molar-refractivity contribution in [3.63, 3.8) is 0 Å². The molecule has 0 aromatic heterocycles. The van der Waals surface area contributed by atoms with Gasteiger partial charge in [0.25, 0.3) is 0 Å². The number of hydrogen-bond acceptors (Lipinski definition) is 2. The molecule has 0 saturated heterocycles. The quantitative estimate of drug-likeness (QED) is 0.897. The number of nitrogens with two attached hydrogens (primary N) is 1. The first-order chi connectivity index (χ1) is 9.61. The highest BCUT2D eigenvalue weighted by Gasteiger charge is 2.10. The molecule has 2 aromatic carbocycles. The Morgan fingerprint density at radius 3 is 2.60 bits per heavy atom. The molecule has 0 spiro atoms. The molecule has 5 heteroatoms. The first-order valence-electron chi connectivity index (χ1n) is 6.16. The van der Waals surface area contributed by atoms with Gasteiger partial charge in [0, 0.05) is 11.6 Å². The second-order valence-electron chi connectivity index (χ2n) is 4.29. The average Bonchev–Trinajstić information content (AvgIpc) is 2.40. The molecule has 0 radical (unpaired) electrons. The molecule has 20 heavy (non-hydrogen) atoms. The second kappa shape index (κ2) is 6.81. The lowest BCUT2D eigenvalue weighted by molar-refractivity contribution is 0.294. The summed E-state index contributed by atoms with van der Waals surface area (Å²) in [6.07, 6.45) is 0.667. The van der Waals surface area contributed by atoms with Crippen LogP contribution < -0.4 is 10.5 Å². The van der Waals surface area contributed by atoms with Crippen molar-refractivity contribution < 1.29 is 13.5 Å². The van der Waals surface area contributed by atoms with Gasteiger partial charge in [-0.2, -0.15) is 0 Å². The summed E-state index contributed by atoms with van der Waals surface area (Å²) < 4.78 is 32.8. The lowest BCUT2D eigenvalue weighted by atomic mass is 10.1. The number of benzene rings is 2. The maximum Gasteiger partial charge on any atom is 0.137 e. The summed E-state index contributed by atoms with van der Waals surface area (Å²) in [5, 5.41) is 0. The van der Waals surface area contributed by atoms with Crippen molar-refractivity contribution >= 4 is 15.9 Å². The van der Waals surface area contributed by atoms with E-state index in [1.165, 1.54) is 12.1 Å². The number of hydrogen-bond donors (Lipinski definition) is 1. The van der Waals surface area contributed by atoms with Crippen LogP contribution in [-0.4, -0.2) is 6.54 Å². The summed E-state index contributed by atoms with van der Waals surface area (Å²) >= 11 is 3.40. The van der Waals surface area contributed by atoms with E-state index in [0.29, 0.717) is 24.3 Å². The van der Waals surface area contributed by atoms with Crippen LogP contribution in [0.3, 0.4) is 0 Å². The van der Waals surface area contributed by atoms with Crippen LogP contribution in [0.25, 0.3) is 0 Å². The zero-order valence-corrected chi connectivity index (χ0v) is 12.3. The van der Waals surface area contributed by atoms with Crippen LogP contribution in [0, 0.1) is 11.6 Å². The van der Waals surface area contributed by atoms with Crippen molar-refractivity contribution in [1.29, 1.82) is 0 Å². The van der Waals surface area contributed by atoms with Crippen LogP contribution in [0.15, 0.2) is 40.9 Å². The fourth-order valence-electron chi connectivity index (χ4n) is 1.86. The summed E-state index contributed by atoms with van der Waals surface area (Å²) in [5.74, 6) is -0.574. The monoisotopic (exact) mass is 341 g/mol. The highest BCUT2D eigenvalue weighted by atomic mass is 79.9. The molecular formula is C15H14BrF2NO. The average molecular weight is 342 g/mol. The molecule has 106 valence electrons. The van der Waals surface area contributed by atoms with Gasteiger partial charge in [0.05, 0.1) is 4.47 Å². The predicted octanol–water partition coefficient (Wildman–Crippen LogP) is 3.81. The molecule has 0 aliphatic heterocycles. The maximum absolute atomic E-state index is 13.6. The number of rotatable bonds is 5. The molecule has 2 aromatic rings. The summed E-state index contributed by atoms with van der Waals surface area (Å²) in [6.45, 7) is 0.532. The first-order valence-corrected chi connectivity index (χ1v) is 6.95. The van der Waals surface area contributed by atoms with Crippen LogP contribution in [0.4, 0.5) is 8.78 Å². The Morgan fingerprint density at radius 2 is 1.90 bits per heavy atom. The summed E-state index contributed by atoms with van der Waals surface area (Å²) in [4.78, 5) is 0. The summed E-state index contributed by atoms with van der Waals surface area (Å²) in [5.41, 5.74) is 6.81. The van der Waals surface area contributed by atoms with Crippen LogP contribution >= 0.6 is 15.9 Å². The Morgan fingerprint density at radius 1 is 1.10 bits per heavy atom. The van der Waals surface area contributed by atoms with E-state index in [-0.39, 0.29) is 6.61 Å². The molecule has 0 fully saturated rings. The van der Waals surface area contributed by atoms with E-state index < -0.39 is 11.6 Å². The predicted molar refractivity (Wildman–Crippen MR) is 77.6 cm³/mol. The molecule has 0 saturated carbocycles. The molecular weight excluding hydrogens is 328 g/mol. The molecule has 0 heterocycles. The normalized spacial score (nSPS) is 10.6. The Balaban J connectivity index is 2.18. The van der Waals surface area contributed by atoms with Crippen molar-refractivity contribution in [3.8, 4) is 5.75 Å². The zero-order chi connectivity index (χ0) is 14.5. The van der Waals surface area contributed by atoms with Gasteiger partial charge < -0.3 is 10.5 Å². The molecule has 0 atom stereocenters. The van der Waals surface area contributed by atoms with Crippen molar-refractivity contribution in [2.24, 2.45) is 5.73 Å². The van der Waals surface area contributed by atoms with E-state index in [2.05, 4.69) is 15.9 Å². The molecule has 2 nitrogen and oxygen atoms in total. The van der Waals surface area contributed by atoms with E-state index in [9.17, 15) is 8.78 Å². The van der Waals surface area contributed by atoms with E-state index in [0.717, 1.165) is 16.1 Å². The minimum absolute atomic E-state index is 0.0340. The molecule has 0 aliphatic carbocycles. The van der Waals surface area contributed by atoms with Crippen LogP contribution in [0.2, 0.25) is 0 Å². The van der Waals surface area contributed by atoms with Gasteiger partial charge in [-0.15, -0.1) is 0 Å². The fraction of sp³-hybridized carbons (Fsp3) is 0.200. The van der Waals surface area contributed by atoms with E-state index in [4.69, 9.17) is 10.5 Å². The Bertz CT molecular complexity index is 604. The third-order valence-electron chi connectivity index (χ3n) is 2.85. The van der Waals surface area contributed by atoms with Crippen LogP contribution in [-0.2, 0) is 13.0 Å². The second-order valence-corrected chi connectivity index (χ2v) is 5.15. The van der Waals surface area contributed by atoms with Gasteiger partial charge in [-0.05, 0) is 52.7 Å². The standard InChI is InChI=1S/C15H14BrF2NO/c16-13-3-1-2-10(6-7-19)15(13)20-9-11-4-5-12(17)8-14(11)18/h1-5,8H,6-7,9,19H2. The van der Waals surface area contributed by atoms with Crippen molar-refractivity contribution in [2.45, 2.75) is 13.0 Å². The minimum atomic E-state index is -0.613. The van der Waals surface area contributed by atoms with Crippen LogP contribution in [0.1, 0.15) is 11.1 Å². The van der Waals surface area contributed by atoms with Crippen LogP contribution in [0.5, 0.6) is 5.75 Å². The zero-order valence-electron chi connectivity index (χ0n) is 10.7. The lowest BCUT2D eigenvalue weighted by Gasteiger charge is -2.13. The van der Waals surface area contributed by atoms with Gasteiger partial charge >= 0.3 is 0 Å². The maximum atomic E-state index is 13.6. The van der Waals surface area contributed by atoms with Gasteiger partial charge in [-0.25, -0.2) is 8.78 Å². The van der Waals surface area contributed by atoms with E-state index in [1.54, 1.807) is 0 Å². The van der Waals surface area contributed by atoms with Crippen molar-refractivity contribution in [3.05, 3.63) is 63.6 Å². The molecule has 2 rings (SSSR count). The smallest absolute Gasteiger partial charge is 0.137 e. The molecule has 2 N–H and O–H groups in total. The molecule has 0 unspecified atom stereocenters. The van der Waals surface area contributed by atoms with Gasteiger partial charge in [0.1, 0.15) is 24.0 Å². The number of ether oxygens (including phenoxy) is 1. The molecule has 0 aliphatic rings. The number of halogens is 3. The molecule has 0 amide bonds. The fourth-order valence-corrected chi connectivity index (χ4v) is 2.38. The lowest BCUT2D eigenvalue weighted by Crippen LogP contribution is -2.06. The Kier molecular flexibility index (Phi) is 5.09. The third kappa shape index (κ3) is 3.55. The number of para-hydroxylation sites is 1. The Hall–Kier alpha value is -1.46. The van der Waals surface area contributed by atoms with Gasteiger partial charge in [-0.3, -0.25) is 0 Å². The topological polar surface area (TPSA) is 35.2 Å². The highest BCUT2D eigenvalue weighted by molar-refractivity contribution is 9.10. The molecule has 0 bridgehead atoms. The summed E-state index contributed by atoms with van der Waals surface area (Å²) in [7, 11) is 0. The SMILES string of the molecule is NCCc1cccc(Br)c1OCc1ccc(F)cc1F. The summed E-state index contributed by atoms with van der Waals surface area (Å²) in [6, 6.07) is 9.08. The van der Waals surface area contributed by atoms with Crippen molar-refractivity contribution in [1.82, 2.24) is 0 Å². The largest absolute Gasteiger partial charge is 0.487 e.